The Kier molecular flexibility index (Phi) is 4.98. The number of nitrogens with zero attached hydrogens (tertiary/aromatic N) is 1. The van der Waals surface area contributed by atoms with E-state index in [1.165, 1.54) is 0 Å². The molecule has 7 nitrogen and oxygen atoms in total. The molecule has 0 aliphatic carbocycles. The van der Waals surface area contributed by atoms with Crippen molar-refractivity contribution in [1.29, 1.82) is 0 Å². The summed E-state index contributed by atoms with van der Waals surface area (Å²) in [6, 6.07) is 2.27. The molecule has 26 heavy (non-hydrogen) atoms. The van der Waals surface area contributed by atoms with Crippen LogP contribution in [-0.2, 0) is 16.0 Å². The predicted octanol–water partition coefficient (Wildman–Crippen LogP) is 3.75. The van der Waals surface area contributed by atoms with E-state index in [0.717, 1.165) is 12.1 Å². The van der Waals surface area contributed by atoms with Gasteiger partial charge in [0, 0.05) is 12.1 Å². The molecule has 0 unspecified atom stereocenters. The highest BCUT2D eigenvalue weighted by atomic mass is 19.1. The molecule has 3 amide bonds. The molecule has 2 rings (SSSR count). The van der Waals surface area contributed by atoms with Crippen molar-refractivity contribution in [2.45, 2.75) is 59.3 Å². The summed E-state index contributed by atoms with van der Waals surface area (Å²) >= 11 is 0. The molecule has 1 aromatic rings. The summed E-state index contributed by atoms with van der Waals surface area (Å²) in [6.45, 7) is 9.88. The number of carbonyl (C=O) groups is 3. The molecule has 142 valence electrons. The van der Waals surface area contributed by atoms with E-state index in [4.69, 9.17) is 9.47 Å². The van der Waals surface area contributed by atoms with Crippen LogP contribution in [0, 0.1) is 5.82 Å². The van der Waals surface area contributed by atoms with Gasteiger partial charge in [-0.15, -0.1) is 0 Å². The molecule has 1 aliphatic rings. The van der Waals surface area contributed by atoms with Crippen LogP contribution in [0.15, 0.2) is 12.1 Å². The van der Waals surface area contributed by atoms with Crippen LogP contribution in [0.2, 0.25) is 0 Å². The summed E-state index contributed by atoms with van der Waals surface area (Å²) in [5.74, 6) is -1.24. The molecule has 1 aromatic carbocycles. The lowest BCUT2D eigenvalue weighted by Gasteiger charge is -2.29. The number of hydrogen-bond donors (Lipinski definition) is 1. The summed E-state index contributed by atoms with van der Waals surface area (Å²) in [5, 5.41) is 2.56. The molecule has 0 saturated carbocycles. The van der Waals surface area contributed by atoms with Crippen LogP contribution in [0.25, 0.3) is 0 Å². The topological polar surface area (TPSA) is 84.9 Å². The van der Waals surface area contributed by atoms with Gasteiger partial charge in [0.05, 0.1) is 5.69 Å². The highest BCUT2D eigenvalue weighted by Gasteiger charge is 2.35. The minimum Gasteiger partial charge on any atom is -0.443 e. The van der Waals surface area contributed by atoms with E-state index in [0.29, 0.717) is 10.5 Å². The third-order valence-corrected chi connectivity index (χ3v) is 3.25. The second-order valence-corrected chi connectivity index (χ2v) is 7.94. The van der Waals surface area contributed by atoms with Gasteiger partial charge in [-0.05, 0) is 59.2 Å². The van der Waals surface area contributed by atoms with Gasteiger partial charge in [-0.3, -0.25) is 4.79 Å². The van der Waals surface area contributed by atoms with Crippen LogP contribution < -0.4 is 10.2 Å². The fourth-order valence-electron chi connectivity index (χ4n) is 2.29. The zero-order valence-corrected chi connectivity index (χ0v) is 15.7. The molecular formula is C18H23FN2O5. The SMILES string of the molecule is CC(C)(C)OC(=O)N(C(=O)OC(C)(C)C)c1cc2c(cc1F)CNC2=O. The number of nitrogens with one attached hydrogen (secondary N) is 1. The molecule has 0 atom stereocenters. The Morgan fingerprint density at radius 1 is 1.04 bits per heavy atom. The Labute approximate surface area is 151 Å². The summed E-state index contributed by atoms with van der Waals surface area (Å²) in [7, 11) is 0. The molecule has 0 spiro atoms. The quantitative estimate of drug-likeness (QED) is 0.818. The predicted molar refractivity (Wildman–Crippen MR) is 92.5 cm³/mol. The van der Waals surface area contributed by atoms with E-state index in [1.54, 1.807) is 41.5 Å². The lowest BCUT2D eigenvalue weighted by Crippen LogP contribution is -2.44. The average Bonchev–Trinajstić information content (AvgIpc) is 2.76. The lowest BCUT2D eigenvalue weighted by molar-refractivity contribution is 0.0428. The Morgan fingerprint density at radius 3 is 2.00 bits per heavy atom. The van der Waals surface area contributed by atoms with Crippen LogP contribution in [0.4, 0.5) is 19.7 Å². The smallest absolute Gasteiger partial charge is 0.424 e. The van der Waals surface area contributed by atoms with Crippen molar-refractivity contribution < 1.29 is 28.2 Å². The van der Waals surface area contributed by atoms with Crippen molar-refractivity contribution in [3.8, 4) is 0 Å². The number of imide groups is 1. The molecule has 0 saturated heterocycles. The number of ether oxygens (including phenoxy) is 2. The number of anilines is 1. The zero-order valence-electron chi connectivity index (χ0n) is 15.7. The number of hydrogen-bond acceptors (Lipinski definition) is 5. The Bertz CT molecular complexity index is 734. The van der Waals surface area contributed by atoms with Crippen LogP contribution in [0.1, 0.15) is 57.5 Å². The van der Waals surface area contributed by atoms with E-state index in [2.05, 4.69) is 5.32 Å². The molecule has 0 fully saturated rings. The van der Waals surface area contributed by atoms with Gasteiger partial charge in [0.25, 0.3) is 5.91 Å². The monoisotopic (exact) mass is 366 g/mol. The van der Waals surface area contributed by atoms with E-state index in [1.807, 2.05) is 0 Å². The minimum absolute atomic E-state index is 0.185. The maximum Gasteiger partial charge on any atom is 0.424 e. The second kappa shape index (κ2) is 6.59. The summed E-state index contributed by atoms with van der Waals surface area (Å²) in [6.07, 6.45) is -2.19. The standard InChI is InChI=1S/C18H23FN2O5/c1-17(2,3)25-15(23)21(16(24)26-18(4,5)6)13-8-11-10(7-12(13)19)9-20-14(11)22/h7-8H,9H2,1-6H3,(H,20,22). The van der Waals surface area contributed by atoms with Gasteiger partial charge in [-0.25, -0.2) is 14.0 Å². The first-order chi connectivity index (χ1) is 11.8. The van der Waals surface area contributed by atoms with Gasteiger partial charge in [0.1, 0.15) is 17.0 Å². The third-order valence-electron chi connectivity index (χ3n) is 3.25. The minimum atomic E-state index is -1.09. The molecule has 1 aliphatic heterocycles. The van der Waals surface area contributed by atoms with Gasteiger partial charge in [-0.1, -0.05) is 0 Å². The number of rotatable bonds is 1. The largest absolute Gasteiger partial charge is 0.443 e. The Morgan fingerprint density at radius 2 is 1.54 bits per heavy atom. The summed E-state index contributed by atoms with van der Waals surface area (Å²) < 4.78 is 25.0. The van der Waals surface area contributed by atoms with Crippen LogP contribution in [0.5, 0.6) is 0 Å². The Balaban J connectivity index is 2.50. The molecule has 1 heterocycles. The van der Waals surface area contributed by atoms with E-state index < -0.39 is 40.8 Å². The second-order valence-electron chi connectivity index (χ2n) is 7.94. The molecule has 0 bridgehead atoms. The van der Waals surface area contributed by atoms with Crippen molar-refractivity contribution in [3.05, 3.63) is 29.1 Å². The fourth-order valence-corrected chi connectivity index (χ4v) is 2.29. The lowest BCUT2D eigenvalue weighted by atomic mass is 10.1. The highest BCUT2D eigenvalue weighted by Crippen LogP contribution is 2.29. The van der Waals surface area contributed by atoms with Gasteiger partial charge < -0.3 is 14.8 Å². The molecule has 8 heteroatoms. The fraction of sp³-hybridized carbons (Fsp3) is 0.500. The number of carbonyl (C=O) groups excluding carboxylic acids is 3. The first-order valence-electron chi connectivity index (χ1n) is 8.15. The number of halogens is 1. The Hall–Kier alpha value is -2.64. The zero-order chi connectivity index (χ0) is 19.9. The third kappa shape index (κ3) is 4.50. The normalized spacial score (nSPS) is 13.7. The van der Waals surface area contributed by atoms with Crippen molar-refractivity contribution >= 4 is 23.8 Å². The first kappa shape index (κ1) is 19.7. The summed E-state index contributed by atoms with van der Waals surface area (Å²) in [5.41, 5.74) is -1.59. The van der Waals surface area contributed by atoms with Crippen molar-refractivity contribution in [1.82, 2.24) is 5.32 Å². The van der Waals surface area contributed by atoms with E-state index >= 15 is 0 Å². The van der Waals surface area contributed by atoms with Gasteiger partial charge in [0.15, 0.2) is 0 Å². The number of fused-ring (bicyclic) bond motifs is 1. The van der Waals surface area contributed by atoms with E-state index in [9.17, 15) is 18.8 Å². The highest BCUT2D eigenvalue weighted by molar-refractivity contribution is 6.10. The van der Waals surface area contributed by atoms with Crippen LogP contribution in [-0.4, -0.2) is 29.3 Å². The molecule has 0 radical (unpaired) electrons. The van der Waals surface area contributed by atoms with Gasteiger partial charge in [0.2, 0.25) is 0 Å². The van der Waals surface area contributed by atoms with Crippen LogP contribution in [0.3, 0.4) is 0 Å². The first-order valence-corrected chi connectivity index (χ1v) is 8.15. The van der Waals surface area contributed by atoms with Gasteiger partial charge in [-0.2, -0.15) is 4.90 Å². The van der Waals surface area contributed by atoms with Crippen molar-refractivity contribution in [2.75, 3.05) is 4.90 Å². The van der Waals surface area contributed by atoms with Crippen molar-refractivity contribution in [3.63, 3.8) is 0 Å². The number of benzene rings is 1. The maximum atomic E-state index is 14.6. The van der Waals surface area contributed by atoms with E-state index in [-0.39, 0.29) is 12.1 Å². The molecule has 1 N–H and O–H groups in total. The maximum absolute atomic E-state index is 14.6. The number of amides is 3. The molecular weight excluding hydrogens is 343 g/mol. The summed E-state index contributed by atoms with van der Waals surface area (Å²) in [4.78, 5) is 37.4. The molecule has 0 aromatic heterocycles. The average molecular weight is 366 g/mol. The van der Waals surface area contributed by atoms with Gasteiger partial charge >= 0.3 is 12.2 Å². The van der Waals surface area contributed by atoms with Crippen LogP contribution >= 0.6 is 0 Å². The van der Waals surface area contributed by atoms with Crippen molar-refractivity contribution in [2.24, 2.45) is 0 Å².